The lowest BCUT2D eigenvalue weighted by Gasteiger charge is -2.44. The van der Waals surface area contributed by atoms with E-state index < -0.39 is 23.1 Å². The van der Waals surface area contributed by atoms with Crippen LogP contribution in [0.5, 0.6) is 11.5 Å². The molecule has 0 unspecified atom stereocenters. The second kappa shape index (κ2) is 9.39. The smallest absolute Gasteiger partial charge is 0.277 e. The third-order valence-corrected chi connectivity index (χ3v) is 7.77. The third kappa shape index (κ3) is 3.74. The Morgan fingerprint density at radius 2 is 1.92 bits per heavy atom. The largest absolute Gasteiger partial charge is 0.502 e. The first-order valence-corrected chi connectivity index (χ1v) is 12.3. The number of rotatable bonds is 0. The number of halogens is 1. The number of nitrogens with zero attached hydrogens (tertiary/aromatic N) is 3. The van der Waals surface area contributed by atoms with Crippen molar-refractivity contribution in [3.05, 3.63) is 99.2 Å². The van der Waals surface area contributed by atoms with Crippen LogP contribution in [0.15, 0.2) is 70.5 Å². The summed E-state index contributed by atoms with van der Waals surface area (Å²) < 4.78 is 22.8. The van der Waals surface area contributed by atoms with Gasteiger partial charge in [0.1, 0.15) is 30.9 Å². The molecule has 36 heavy (non-hydrogen) atoms. The SMILES string of the molecule is C.O=C1c2c(O)c(=O)ccn2N2CN1CC/C=C/COc1cccc3c1[C@H]2c1cccc(F)c1SC3. The Labute approximate surface area is 212 Å². The summed E-state index contributed by atoms with van der Waals surface area (Å²) in [6.07, 6.45) is 5.94. The monoisotopic (exact) mass is 507 g/mol. The highest BCUT2D eigenvalue weighted by Gasteiger charge is 2.40. The fraction of sp³-hybridized carbons (Fsp3) is 0.259. The fourth-order valence-corrected chi connectivity index (χ4v) is 6.08. The predicted octanol–water partition coefficient (Wildman–Crippen LogP) is 4.41. The summed E-state index contributed by atoms with van der Waals surface area (Å²) in [7, 11) is 0. The minimum absolute atomic E-state index is 0. The second-order valence-corrected chi connectivity index (χ2v) is 9.61. The standard InChI is InChI=1S/C26H22FN3O4S.CH4/c27-18-8-5-7-17-22-21-16(14-35-25(17)18)6-4-9-20(21)34-13-3-1-2-11-28-15-30(22)29-12-10-19(31)24(32)23(29)26(28)33;/h1,3-10,12,22,32H,2,11,13-15H2;1H4/b3-1+;/t22-;/m1./s1. The molecular formula is C27H26FN3O4S. The minimum Gasteiger partial charge on any atom is -0.502 e. The van der Waals surface area contributed by atoms with E-state index in [1.54, 1.807) is 11.0 Å². The number of benzene rings is 2. The van der Waals surface area contributed by atoms with E-state index in [-0.39, 0.29) is 25.6 Å². The molecule has 1 amide bonds. The molecule has 4 heterocycles. The highest BCUT2D eigenvalue weighted by atomic mass is 32.2. The van der Waals surface area contributed by atoms with Crippen LogP contribution in [0.2, 0.25) is 0 Å². The Balaban J connectivity index is 0.00000267. The lowest BCUT2D eigenvalue weighted by Crippen LogP contribution is -2.55. The zero-order valence-electron chi connectivity index (χ0n) is 18.7. The van der Waals surface area contributed by atoms with Crippen LogP contribution in [-0.4, -0.2) is 40.4 Å². The van der Waals surface area contributed by atoms with Crippen molar-refractivity contribution < 1.29 is 19.0 Å². The highest BCUT2D eigenvalue weighted by molar-refractivity contribution is 7.98. The lowest BCUT2D eigenvalue weighted by molar-refractivity contribution is 0.0682. The molecule has 3 aliphatic heterocycles. The molecule has 0 aliphatic carbocycles. The molecule has 0 spiro atoms. The molecule has 186 valence electrons. The number of fused-ring (bicyclic) bond motifs is 7. The molecule has 7 nitrogen and oxygen atoms in total. The maximum atomic E-state index is 15.1. The van der Waals surface area contributed by atoms with Gasteiger partial charge in [-0.1, -0.05) is 43.8 Å². The Morgan fingerprint density at radius 3 is 2.78 bits per heavy atom. The van der Waals surface area contributed by atoms with Crippen molar-refractivity contribution in [2.45, 2.75) is 30.5 Å². The van der Waals surface area contributed by atoms with Crippen molar-refractivity contribution in [2.24, 2.45) is 0 Å². The topological polar surface area (TPSA) is 75.0 Å². The summed E-state index contributed by atoms with van der Waals surface area (Å²) in [6.45, 7) is 0.936. The van der Waals surface area contributed by atoms with Gasteiger partial charge in [-0.3, -0.25) is 19.3 Å². The molecule has 0 fully saturated rings. The van der Waals surface area contributed by atoms with Gasteiger partial charge in [-0.25, -0.2) is 4.39 Å². The molecule has 1 aromatic heterocycles. The van der Waals surface area contributed by atoms with Crippen LogP contribution in [-0.2, 0) is 5.75 Å². The van der Waals surface area contributed by atoms with Crippen molar-refractivity contribution in [2.75, 3.05) is 24.8 Å². The Morgan fingerprint density at radius 1 is 1.08 bits per heavy atom. The number of carbonyl (C=O) groups excluding carboxylic acids is 1. The van der Waals surface area contributed by atoms with Gasteiger partial charge >= 0.3 is 0 Å². The van der Waals surface area contributed by atoms with Crippen molar-refractivity contribution in [1.29, 1.82) is 0 Å². The summed E-state index contributed by atoms with van der Waals surface area (Å²) in [6, 6.07) is 11.5. The van der Waals surface area contributed by atoms with Crippen LogP contribution in [0.25, 0.3) is 0 Å². The molecule has 0 saturated heterocycles. The Hall–Kier alpha value is -3.72. The summed E-state index contributed by atoms with van der Waals surface area (Å²) >= 11 is 1.43. The van der Waals surface area contributed by atoms with Gasteiger partial charge in [0, 0.05) is 35.0 Å². The minimum atomic E-state index is -0.625. The van der Waals surface area contributed by atoms with Gasteiger partial charge < -0.3 is 14.7 Å². The summed E-state index contributed by atoms with van der Waals surface area (Å²) in [5.74, 6) is -0.113. The number of hydrogen-bond acceptors (Lipinski definition) is 6. The first-order valence-electron chi connectivity index (χ1n) is 11.4. The van der Waals surface area contributed by atoms with Crippen molar-refractivity contribution in [1.82, 2.24) is 9.58 Å². The molecule has 3 aromatic rings. The number of ether oxygens (including phenoxy) is 1. The van der Waals surface area contributed by atoms with Crippen LogP contribution in [0.4, 0.5) is 4.39 Å². The molecular weight excluding hydrogens is 481 g/mol. The quantitative estimate of drug-likeness (QED) is 0.455. The van der Waals surface area contributed by atoms with Crippen LogP contribution < -0.4 is 15.2 Å². The molecule has 9 heteroatoms. The number of thioether (sulfide) groups is 1. The maximum Gasteiger partial charge on any atom is 0.277 e. The van der Waals surface area contributed by atoms with E-state index in [1.807, 2.05) is 41.4 Å². The van der Waals surface area contributed by atoms with Crippen LogP contribution >= 0.6 is 11.8 Å². The van der Waals surface area contributed by atoms with E-state index in [0.717, 1.165) is 16.7 Å². The van der Waals surface area contributed by atoms with Crippen molar-refractivity contribution >= 4 is 17.7 Å². The molecule has 3 aliphatic rings. The molecule has 6 rings (SSSR count). The van der Waals surface area contributed by atoms with Gasteiger partial charge in [0.2, 0.25) is 5.43 Å². The average molecular weight is 508 g/mol. The molecule has 0 radical (unpaired) electrons. The van der Waals surface area contributed by atoms with Crippen LogP contribution in [0, 0.1) is 5.82 Å². The number of hydrogen-bond donors (Lipinski definition) is 1. The van der Waals surface area contributed by atoms with Crippen molar-refractivity contribution in [3.63, 3.8) is 0 Å². The average Bonchev–Trinajstić information content (AvgIpc) is 3.02. The van der Waals surface area contributed by atoms with Gasteiger partial charge in [0.05, 0.1) is 0 Å². The van der Waals surface area contributed by atoms with Gasteiger partial charge in [-0.15, -0.1) is 11.8 Å². The summed E-state index contributed by atoms with van der Waals surface area (Å²) in [5, 5.41) is 12.6. The molecule has 1 N–H and O–H groups in total. The first-order chi connectivity index (χ1) is 17.0. The van der Waals surface area contributed by atoms with Gasteiger partial charge in [-0.05, 0) is 29.7 Å². The Bertz CT molecular complexity index is 1440. The van der Waals surface area contributed by atoms with E-state index in [4.69, 9.17) is 4.74 Å². The number of aromatic hydroxyl groups is 1. The van der Waals surface area contributed by atoms with E-state index in [2.05, 4.69) is 0 Å². The van der Waals surface area contributed by atoms with Crippen LogP contribution in [0.3, 0.4) is 0 Å². The number of amides is 1. The summed E-state index contributed by atoms with van der Waals surface area (Å²) in [4.78, 5) is 27.8. The fourth-order valence-electron chi connectivity index (χ4n) is 4.98. The number of aromatic nitrogens is 1. The van der Waals surface area contributed by atoms with E-state index in [1.165, 1.54) is 34.8 Å². The predicted molar refractivity (Wildman–Crippen MR) is 137 cm³/mol. The van der Waals surface area contributed by atoms with Crippen molar-refractivity contribution in [3.8, 4) is 11.5 Å². The third-order valence-electron chi connectivity index (χ3n) is 6.60. The van der Waals surface area contributed by atoms with E-state index >= 15 is 4.39 Å². The Kier molecular flexibility index (Phi) is 6.26. The normalized spacial score (nSPS) is 19.2. The number of pyridine rings is 1. The molecule has 1 atom stereocenters. The van der Waals surface area contributed by atoms with Crippen LogP contribution in [0.1, 0.15) is 47.1 Å². The lowest BCUT2D eigenvalue weighted by atomic mass is 9.93. The van der Waals surface area contributed by atoms with Gasteiger partial charge in [0.15, 0.2) is 11.4 Å². The summed E-state index contributed by atoms with van der Waals surface area (Å²) in [5.41, 5.74) is 1.87. The van der Waals surface area contributed by atoms with Gasteiger partial charge in [-0.2, -0.15) is 0 Å². The van der Waals surface area contributed by atoms with E-state index in [9.17, 15) is 14.7 Å². The zero-order chi connectivity index (χ0) is 24.1. The van der Waals surface area contributed by atoms with E-state index in [0.29, 0.717) is 36.0 Å². The van der Waals surface area contributed by atoms with Gasteiger partial charge in [0.25, 0.3) is 5.91 Å². The second-order valence-electron chi connectivity index (χ2n) is 8.62. The molecule has 2 bridgehead atoms. The number of carbonyl (C=O) groups is 1. The molecule has 0 saturated carbocycles. The first kappa shape index (κ1) is 24.0. The highest BCUT2D eigenvalue weighted by Crippen LogP contribution is 2.47. The molecule has 2 aromatic carbocycles. The zero-order valence-corrected chi connectivity index (χ0v) is 19.5. The maximum absolute atomic E-state index is 15.1.